The van der Waals surface area contributed by atoms with Crippen LogP contribution in [0.25, 0.3) is 0 Å². The summed E-state index contributed by atoms with van der Waals surface area (Å²) in [5.41, 5.74) is 3.56. The molecule has 6 aliphatic rings. The Morgan fingerprint density at radius 1 is 1.18 bits per heavy atom. The van der Waals surface area contributed by atoms with E-state index in [9.17, 15) is 18.4 Å². The number of hydrogen-bond donors (Lipinski definition) is 3. The number of carbonyl (C=O) groups is 2. The third-order valence-corrected chi connectivity index (χ3v) is 8.87. The maximum absolute atomic E-state index is 13.8. The van der Waals surface area contributed by atoms with Crippen LogP contribution in [0.15, 0.2) is 51.8 Å². The second-order valence-electron chi connectivity index (χ2n) is 10.8. The highest BCUT2D eigenvalue weighted by molar-refractivity contribution is 8.15. The fourth-order valence-electron chi connectivity index (χ4n) is 5.66. The Balaban J connectivity index is 0.00000111. The van der Waals surface area contributed by atoms with Gasteiger partial charge < -0.3 is 20.3 Å². The Labute approximate surface area is 269 Å². The van der Waals surface area contributed by atoms with Gasteiger partial charge in [-0.3, -0.25) is 24.8 Å². The predicted octanol–water partition coefficient (Wildman–Crippen LogP) is 3.54. The molecule has 3 unspecified atom stereocenters. The highest BCUT2D eigenvalue weighted by Crippen LogP contribution is 2.35. The molecular weight excluding hydrogens is 600 g/mol. The summed E-state index contributed by atoms with van der Waals surface area (Å²) in [4.78, 5) is 33.1. The molecule has 3 N–H and O–H groups in total. The third-order valence-electron chi connectivity index (χ3n) is 8.00. The van der Waals surface area contributed by atoms with Gasteiger partial charge in [0.1, 0.15) is 17.6 Å². The first-order valence-electron chi connectivity index (χ1n) is 15.9. The number of nitrogens with one attached hydrogen (secondary N) is 3. The number of thioether (sulfide) groups is 1. The molecular formula is C32H45F2N7O3S. The number of methoxy groups -OCH3 is 1. The molecule has 0 aromatic rings. The van der Waals surface area contributed by atoms with Crippen LogP contribution in [0.2, 0.25) is 0 Å². The molecule has 2 amide bonds. The topological polar surface area (TPSA) is 102 Å². The van der Waals surface area contributed by atoms with E-state index in [2.05, 4.69) is 37.9 Å². The van der Waals surface area contributed by atoms with E-state index in [1.54, 1.807) is 11.0 Å². The Bertz CT molecular complexity index is 1350. The van der Waals surface area contributed by atoms with Gasteiger partial charge in [0, 0.05) is 43.4 Å². The molecule has 6 rings (SSSR count). The summed E-state index contributed by atoms with van der Waals surface area (Å²) >= 11 is 1.32. The summed E-state index contributed by atoms with van der Waals surface area (Å²) in [6, 6.07) is -1.41. The zero-order valence-corrected chi connectivity index (χ0v) is 27.8. The minimum atomic E-state index is -2.67. The first-order chi connectivity index (χ1) is 21.8. The Morgan fingerprint density at radius 3 is 2.62 bits per heavy atom. The molecule has 10 nitrogen and oxygen atoms in total. The van der Waals surface area contributed by atoms with Crippen LogP contribution < -0.4 is 16.1 Å². The highest BCUT2D eigenvalue weighted by atomic mass is 32.2. The molecule has 1 saturated carbocycles. The number of hydrazone groups is 1. The van der Waals surface area contributed by atoms with Gasteiger partial charge in [-0.2, -0.15) is 5.10 Å². The Hall–Kier alpha value is -3.50. The second-order valence-corrected chi connectivity index (χ2v) is 11.9. The molecule has 5 aliphatic heterocycles. The van der Waals surface area contributed by atoms with Gasteiger partial charge in [0.25, 0.3) is 12.3 Å². The number of amides is 2. The van der Waals surface area contributed by atoms with Gasteiger partial charge >= 0.3 is 0 Å². The number of nitrogens with zero attached hydrogens (tertiary/aromatic N) is 4. The van der Waals surface area contributed by atoms with Gasteiger partial charge in [0.05, 0.1) is 19.7 Å². The lowest BCUT2D eigenvalue weighted by Gasteiger charge is -2.42. The standard InChI is InChI=1S/C28H33F2N7O3S.2C2H6/c1-35-15-19(26(38)32-28-34-33-23(41-28)8-7-16-5-6-16)17(18-12-20(25(29)30)31-14-22(18)40-2)13-24(35)37-11-10-36-9-3-4-21(36)27(37)39;2*1-2/h12-14,16,20-21,25,28,31,34H,3-6,9-11,15H2,1-2H3,(H,32,38);2*1-2H3. The summed E-state index contributed by atoms with van der Waals surface area (Å²) in [5.74, 6) is 7.24. The van der Waals surface area contributed by atoms with Crippen molar-refractivity contribution in [1.29, 1.82) is 0 Å². The predicted molar refractivity (Wildman–Crippen MR) is 173 cm³/mol. The minimum Gasteiger partial charge on any atom is -0.495 e. The molecule has 0 aromatic carbocycles. The van der Waals surface area contributed by atoms with Crippen molar-refractivity contribution in [3.05, 3.63) is 46.7 Å². The average molecular weight is 646 g/mol. The van der Waals surface area contributed by atoms with E-state index in [1.165, 1.54) is 31.1 Å². The van der Waals surface area contributed by atoms with Crippen LogP contribution in [-0.4, -0.2) is 95.9 Å². The van der Waals surface area contributed by atoms with Crippen LogP contribution in [0.4, 0.5) is 8.78 Å². The van der Waals surface area contributed by atoms with E-state index in [-0.39, 0.29) is 24.4 Å². The van der Waals surface area contributed by atoms with Crippen LogP contribution in [0.1, 0.15) is 53.4 Å². The number of halogens is 2. The van der Waals surface area contributed by atoms with Crippen molar-refractivity contribution in [2.24, 2.45) is 11.0 Å². The molecule has 0 bridgehead atoms. The monoisotopic (exact) mass is 645 g/mol. The number of dihydropyridines is 1. The van der Waals surface area contributed by atoms with Crippen molar-refractivity contribution in [3.63, 3.8) is 0 Å². The van der Waals surface area contributed by atoms with E-state index < -0.39 is 18.0 Å². The number of ether oxygens (including phenoxy) is 1. The van der Waals surface area contributed by atoms with Crippen LogP contribution in [0.5, 0.6) is 0 Å². The number of likely N-dealkylation sites (N-methyl/N-ethyl adjacent to an activating group) is 1. The smallest absolute Gasteiger partial charge is 0.261 e. The highest BCUT2D eigenvalue weighted by Gasteiger charge is 2.41. The molecule has 2 saturated heterocycles. The largest absolute Gasteiger partial charge is 0.495 e. The molecule has 246 valence electrons. The van der Waals surface area contributed by atoms with Gasteiger partial charge in [-0.1, -0.05) is 33.6 Å². The number of allylic oxidation sites excluding steroid dienone is 2. The van der Waals surface area contributed by atoms with Gasteiger partial charge in [-0.15, -0.1) is 0 Å². The first kappa shape index (κ1) is 34.4. The Morgan fingerprint density at radius 2 is 1.93 bits per heavy atom. The number of carbonyl (C=O) groups excluding carboxylic acids is 2. The van der Waals surface area contributed by atoms with Gasteiger partial charge in [0.15, 0.2) is 10.5 Å². The molecule has 0 radical (unpaired) electrons. The van der Waals surface area contributed by atoms with Gasteiger partial charge in [-0.05, 0) is 67.6 Å². The van der Waals surface area contributed by atoms with Crippen LogP contribution in [0, 0.1) is 17.8 Å². The van der Waals surface area contributed by atoms with E-state index in [1.807, 2.05) is 39.6 Å². The summed E-state index contributed by atoms with van der Waals surface area (Å²) in [5, 5.41) is 10.4. The van der Waals surface area contributed by atoms with Crippen molar-refractivity contribution >= 4 is 28.6 Å². The normalized spacial score (nSPS) is 25.9. The Kier molecular flexibility index (Phi) is 12.0. The zero-order valence-electron chi connectivity index (χ0n) is 27.0. The number of rotatable bonds is 6. The van der Waals surface area contributed by atoms with Crippen molar-refractivity contribution in [2.75, 3.05) is 40.3 Å². The molecule has 13 heteroatoms. The number of fused-ring (bicyclic) bond motifs is 1. The molecule has 0 spiro atoms. The fraction of sp³-hybridized carbons (Fsp3) is 0.594. The molecule has 3 atom stereocenters. The van der Waals surface area contributed by atoms with Crippen molar-refractivity contribution in [3.8, 4) is 11.8 Å². The van der Waals surface area contributed by atoms with Crippen molar-refractivity contribution in [2.45, 2.75) is 77.4 Å². The van der Waals surface area contributed by atoms with Gasteiger partial charge in [0.2, 0.25) is 5.91 Å². The number of alkyl halides is 2. The lowest BCUT2D eigenvalue weighted by molar-refractivity contribution is -0.139. The first-order valence-corrected chi connectivity index (χ1v) is 16.7. The molecule has 0 aromatic heterocycles. The third kappa shape index (κ3) is 7.84. The van der Waals surface area contributed by atoms with Crippen LogP contribution >= 0.6 is 11.8 Å². The maximum Gasteiger partial charge on any atom is 0.261 e. The number of piperazine rings is 1. The lowest BCUT2D eigenvalue weighted by Crippen LogP contribution is -2.56. The summed E-state index contributed by atoms with van der Waals surface area (Å²) in [6.45, 7) is 10.3. The average Bonchev–Trinajstić information content (AvgIpc) is 3.57. The van der Waals surface area contributed by atoms with Gasteiger partial charge in [-0.25, -0.2) is 8.78 Å². The summed E-state index contributed by atoms with van der Waals surface area (Å²) in [7, 11) is 3.28. The zero-order chi connectivity index (χ0) is 32.7. The van der Waals surface area contributed by atoms with Crippen molar-refractivity contribution in [1.82, 2.24) is 30.8 Å². The van der Waals surface area contributed by atoms with E-state index >= 15 is 0 Å². The molecule has 3 fully saturated rings. The minimum absolute atomic E-state index is 0.0231. The molecule has 45 heavy (non-hydrogen) atoms. The molecule has 1 aliphatic carbocycles. The summed E-state index contributed by atoms with van der Waals surface area (Å²) < 4.78 is 33.1. The lowest BCUT2D eigenvalue weighted by atomic mass is 9.91. The second kappa shape index (κ2) is 15.7. The fourth-order valence-corrected chi connectivity index (χ4v) is 6.38. The molecule has 5 heterocycles. The van der Waals surface area contributed by atoms with Crippen LogP contribution in [0.3, 0.4) is 0 Å². The van der Waals surface area contributed by atoms with E-state index in [0.29, 0.717) is 45.8 Å². The summed E-state index contributed by atoms with van der Waals surface area (Å²) in [6.07, 6.45) is 5.88. The quantitative estimate of drug-likeness (QED) is 0.378. The van der Waals surface area contributed by atoms with E-state index in [4.69, 9.17) is 4.74 Å². The van der Waals surface area contributed by atoms with E-state index in [0.717, 1.165) is 38.8 Å². The maximum atomic E-state index is 13.8. The SMILES string of the molecule is CC.CC.COC1=CNC(C(F)F)C=C1C1=C(C(=O)NC2NN=C(C#CC3CC3)S2)CN(C)C(N2CCN3CCCC3C2=O)=C1. The number of hydrogen-bond acceptors (Lipinski definition) is 9. The van der Waals surface area contributed by atoms with Crippen LogP contribution in [-0.2, 0) is 14.3 Å². The van der Waals surface area contributed by atoms with Crippen molar-refractivity contribution < 1.29 is 23.1 Å².